The van der Waals surface area contributed by atoms with Crippen molar-refractivity contribution in [3.8, 4) is 11.5 Å². The molecule has 1 saturated carbocycles. The first-order chi connectivity index (χ1) is 10.5. The standard InChI is InChI=1S/C17H21NO4/c1-18-7-6-16-13-9-2-3-10(19)14(13)22-15(16)11(20)4-5-17(16,21)12(18)8-9/h2-3,11-12,15,19-21H,4-8H2,1H3/t11-,12+,15-,16-,17+/m0/s1. The van der Waals surface area contributed by atoms with E-state index in [0.717, 1.165) is 30.5 Å². The number of phenols is 1. The summed E-state index contributed by atoms with van der Waals surface area (Å²) in [5, 5.41) is 32.4. The zero-order valence-corrected chi connectivity index (χ0v) is 12.6. The van der Waals surface area contributed by atoms with Crippen LogP contribution in [0.2, 0.25) is 0 Å². The van der Waals surface area contributed by atoms with E-state index < -0.39 is 23.2 Å². The third-order valence-electron chi connectivity index (χ3n) is 6.70. The molecular formula is C17H21NO4. The number of phenolic OH excluding ortho intramolecular Hbond substituents is 1. The molecule has 0 radical (unpaired) electrons. The molecule has 2 heterocycles. The van der Waals surface area contributed by atoms with E-state index in [1.54, 1.807) is 6.07 Å². The predicted molar refractivity (Wildman–Crippen MR) is 79.1 cm³/mol. The molecule has 5 heteroatoms. The molecule has 5 rings (SSSR count). The minimum absolute atomic E-state index is 0.0443. The van der Waals surface area contributed by atoms with Gasteiger partial charge in [0.25, 0.3) is 0 Å². The van der Waals surface area contributed by atoms with E-state index in [1.165, 1.54) is 0 Å². The molecular weight excluding hydrogens is 282 g/mol. The first-order valence-corrected chi connectivity index (χ1v) is 8.12. The van der Waals surface area contributed by atoms with Gasteiger partial charge in [0.2, 0.25) is 0 Å². The number of aliphatic hydroxyl groups excluding tert-OH is 1. The third-order valence-corrected chi connectivity index (χ3v) is 6.70. The van der Waals surface area contributed by atoms with Crippen molar-refractivity contribution in [2.45, 2.75) is 54.9 Å². The molecule has 3 N–H and O–H groups in total. The Kier molecular flexibility index (Phi) is 2.26. The van der Waals surface area contributed by atoms with Gasteiger partial charge in [0.1, 0.15) is 6.10 Å². The molecule has 1 aromatic carbocycles. The molecule has 2 aliphatic heterocycles. The maximum atomic E-state index is 11.7. The summed E-state index contributed by atoms with van der Waals surface area (Å²) in [7, 11) is 2.07. The highest BCUT2D eigenvalue weighted by Crippen LogP contribution is 2.65. The first kappa shape index (κ1) is 13.2. The molecule has 0 unspecified atom stereocenters. The third kappa shape index (κ3) is 1.17. The average molecular weight is 303 g/mol. The van der Waals surface area contributed by atoms with E-state index in [9.17, 15) is 15.3 Å². The topological polar surface area (TPSA) is 73.2 Å². The van der Waals surface area contributed by atoms with Crippen LogP contribution in [0.3, 0.4) is 0 Å². The number of nitrogens with zero attached hydrogens (tertiary/aromatic N) is 1. The predicted octanol–water partition coefficient (Wildman–Crippen LogP) is 0.537. The van der Waals surface area contributed by atoms with Crippen LogP contribution < -0.4 is 4.74 Å². The van der Waals surface area contributed by atoms with Crippen molar-refractivity contribution in [3.05, 3.63) is 23.3 Å². The van der Waals surface area contributed by atoms with Crippen molar-refractivity contribution in [2.75, 3.05) is 13.6 Å². The summed E-state index contributed by atoms with van der Waals surface area (Å²) in [4.78, 5) is 2.24. The van der Waals surface area contributed by atoms with Gasteiger partial charge in [-0.15, -0.1) is 0 Å². The summed E-state index contributed by atoms with van der Waals surface area (Å²) in [5.41, 5.74) is 0.633. The highest BCUT2D eigenvalue weighted by atomic mass is 16.5. The van der Waals surface area contributed by atoms with Gasteiger partial charge in [-0.25, -0.2) is 0 Å². The molecule has 0 aromatic heterocycles. The van der Waals surface area contributed by atoms with E-state index in [-0.39, 0.29) is 11.8 Å². The van der Waals surface area contributed by atoms with E-state index in [1.807, 2.05) is 6.07 Å². The summed E-state index contributed by atoms with van der Waals surface area (Å²) >= 11 is 0. The quantitative estimate of drug-likeness (QED) is 0.652. The highest BCUT2D eigenvalue weighted by Gasteiger charge is 2.72. The summed E-state index contributed by atoms with van der Waals surface area (Å²) in [6, 6.07) is 3.67. The average Bonchev–Trinajstić information content (AvgIpc) is 2.85. The smallest absolute Gasteiger partial charge is 0.165 e. The summed E-state index contributed by atoms with van der Waals surface area (Å²) in [5.74, 6) is 0.610. The second kappa shape index (κ2) is 3.78. The Labute approximate surface area is 129 Å². The Morgan fingerprint density at radius 3 is 2.95 bits per heavy atom. The van der Waals surface area contributed by atoms with Gasteiger partial charge in [-0.1, -0.05) is 6.07 Å². The van der Waals surface area contributed by atoms with E-state index in [0.29, 0.717) is 18.6 Å². The van der Waals surface area contributed by atoms with Crippen molar-refractivity contribution < 1.29 is 20.1 Å². The van der Waals surface area contributed by atoms with Gasteiger partial charge < -0.3 is 25.0 Å². The van der Waals surface area contributed by atoms with E-state index in [4.69, 9.17) is 4.74 Å². The Morgan fingerprint density at radius 1 is 1.32 bits per heavy atom. The van der Waals surface area contributed by atoms with Gasteiger partial charge in [0.05, 0.1) is 17.1 Å². The lowest BCUT2D eigenvalue weighted by Gasteiger charge is -2.63. The fraction of sp³-hybridized carbons (Fsp3) is 0.647. The van der Waals surface area contributed by atoms with Crippen molar-refractivity contribution in [2.24, 2.45) is 0 Å². The number of hydrogen-bond acceptors (Lipinski definition) is 5. The number of likely N-dealkylation sites (N-methyl/N-ethyl adjacent to an activating group) is 1. The zero-order chi connectivity index (χ0) is 15.3. The van der Waals surface area contributed by atoms with E-state index in [2.05, 4.69) is 11.9 Å². The zero-order valence-electron chi connectivity index (χ0n) is 12.6. The van der Waals surface area contributed by atoms with Crippen LogP contribution in [0, 0.1) is 0 Å². The number of aliphatic hydroxyl groups is 2. The van der Waals surface area contributed by atoms with E-state index >= 15 is 0 Å². The molecule has 2 fully saturated rings. The van der Waals surface area contributed by atoms with Crippen LogP contribution >= 0.6 is 0 Å². The number of aromatic hydroxyl groups is 1. The molecule has 5 atom stereocenters. The van der Waals surface area contributed by atoms with Crippen LogP contribution in [0.4, 0.5) is 0 Å². The molecule has 1 aromatic rings. The van der Waals surface area contributed by atoms with Gasteiger partial charge in [-0.3, -0.25) is 0 Å². The Morgan fingerprint density at radius 2 is 2.14 bits per heavy atom. The van der Waals surface area contributed by atoms with Crippen LogP contribution in [0.5, 0.6) is 11.5 Å². The van der Waals surface area contributed by atoms with Crippen LogP contribution in [0.15, 0.2) is 12.1 Å². The maximum absolute atomic E-state index is 11.7. The minimum Gasteiger partial charge on any atom is -0.504 e. The molecule has 2 bridgehead atoms. The lowest BCUT2D eigenvalue weighted by Crippen LogP contribution is -2.76. The maximum Gasteiger partial charge on any atom is 0.165 e. The molecule has 5 nitrogen and oxygen atoms in total. The van der Waals surface area contributed by atoms with Gasteiger partial charge in [-0.05, 0) is 50.9 Å². The molecule has 22 heavy (non-hydrogen) atoms. The fourth-order valence-electron chi connectivity index (χ4n) is 5.73. The second-order valence-electron chi connectivity index (χ2n) is 7.44. The lowest BCUT2D eigenvalue weighted by molar-refractivity contribution is -0.204. The number of benzene rings is 1. The fourth-order valence-corrected chi connectivity index (χ4v) is 5.73. The monoisotopic (exact) mass is 303 g/mol. The summed E-state index contributed by atoms with van der Waals surface area (Å²) < 4.78 is 6.04. The van der Waals surface area contributed by atoms with Crippen molar-refractivity contribution in [1.29, 1.82) is 0 Å². The molecule has 0 amide bonds. The molecule has 118 valence electrons. The summed E-state index contributed by atoms with van der Waals surface area (Å²) in [6.07, 6.45) is 1.59. The van der Waals surface area contributed by atoms with Crippen LogP contribution in [0.1, 0.15) is 30.4 Å². The van der Waals surface area contributed by atoms with Gasteiger partial charge >= 0.3 is 0 Å². The molecule has 1 spiro atoms. The van der Waals surface area contributed by atoms with Crippen LogP contribution in [-0.4, -0.2) is 57.7 Å². The largest absolute Gasteiger partial charge is 0.504 e. The lowest BCUT2D eigenvalue weighted by atomic mass is 9.49. The second-order valence-corrected chi connectivity index (χ2v) is 7.44. The summed E-state index contributed by atoms with van der Waals surface area (Å²) in [6.45, 7) is 0.869. The first-order valence-electron chi connectivity index (χ1n) is 8.12. The highest BCUT2D eigenvalue weighted by molar-refractivity contribution is 5.62. The molecule has 2 aliphatic carbocycles. The van der Waals surface area contributed by atoms with Gasteiger partial charge in [0.15, 0.2) is 11.5 Å². The molecule has 1 saturated heterocycles. The number of hydrogen-bond donors (Lipinski definition) is 3. The van der Waals surface area contributed by atoms with Crippen LogP contribution in [0.25, 0.3) is 0 Å². The number of rotatable bonds is 0. The Bertz CT molecular complexity index is 677. The number of likely N-dealkylation sites (tertiary alicyclic amines) is 1. The van der Waals surface area contributed by atoms with Gasteiger partial charge in [-0.2, -0.15) is 0 Å². The minimum atomic E-state index is -0.893. The van der Waals surface area contributed by atoms with Crippen molar-refractivity contribution >= 4 is 0 Å². The number of piperidine rings is 1. The normalized spacial score (nSPS) is 45.3. The van der Waals surface area contributed by atoms with Crippen molar-refractivity contribution in [3.63, 3.8) is 0 Å². The Hall–Kier alpha value is -1.30. The van der Waals surface area contributed by atoms with Crippen molar-refractivity contribution in [1.82, 2.24) is 4.90 Å². The SMILES string of the molecule is CN1CC[C@]23c4c5ccc(O)c4O[C@H]2[C@@H](O)CC[C@@]3(O)[C@H]1C5. The van der Waals surface area contributed by atoms with Gasteiger partial charge in [0, 0.05) is 11.6 Å². The number of ether oxygens (including phenoxy) is 1. The Balaban J connectivity index is 1.86. The van der Waals surface area contributed by atoms with Crippen LogP contribution in [-0.2, 0) is 11.8 Å². The molecule has 4 aliphatic rings.